The molecule has 51 heavy (non-hydrogen) atoms. The van der Waals surface area contributed by atoms with Crippen LogP contribution in [0, 0.1) is 0 Å². The highest BCUT2D eigenvalue weighted by atomic mass is 32.1. The molecular weight excluding hydrogens is 653 g/mol. The van der Waals surface area contributed by atoms with Crippen LogP contribution in [-0.4, -0.2) is 17.7 Å². The summed E-state index contributed by atoms with van der Waals surface area (Å²) in [4.78, 5) is 24.5. The number of hydrogen-bond donors (Lipinski definition) is 1. The van der Waals surface area contributed by atoms with E-state index in [1.807, 2.05) is 43.4 Å². The third-order valence-corrected chi connectivity index (χ3v) is 9.40. The number of aromatic carboxylic acids is 1. The number of benzene rings is 6. The minimum atomic E-state index is -0.973. The number of nitrogens with zero attached hydrogens (tertiary/aromatic N) is 2. The Morgan fingerprint density at radius 3 is 1.71 bits per heavy atom. The number of allylic oxidation sites excluding steroid dienone is 2. The maximum Gasteiger partial charge on any atom is 0.335 e. The summed E-state index contributed by atoms with van der Waals surface area (Å²) in [6.07, 6.45) is 7.85. The van der Waals surface area contributed by atoms with Gasteiger partial charge in [-0.2, -0.15) is 0 Å². The third-order valence-electron chi connectivity index (χ3n) is 8.34. The van der Waals surface area contributed by atoms with Crippen molar-refractivity contribution in [2.24, 2.45) is 0 Å². The van der Waals surface area contributed by atoms with Gasteiger partial charge in [0.2, 0.25) is 0 Å². The van der Waals surface area contributed by atoms with Crippen LogP contribution < -0.4 is 14.6 Å². The highest BCUT2D eigenvalue weighted by Crippen LogP contribution is 2.37. The van der Waals surface area contributed by atoms with Crippen LogP contribution in [0.5, 0.6) is 0 Å². The third kappa shape index (κ3) is 7.65. The first kappa shape index (κ1) is 33.2. The van der Waals surface area contributed by atoms with E-state index in [2.05, 4.69) is 126 Å². The molecule has 0 saturated carbocycles. The van der Waals surface area contributed by atoms with Crippen molar-refractivity contribution >= 4 is 56.7 Å². The van der Waals surface area contributed by atoms with Crippen LogP contribution in [0.2, 0.25) is 0 Å². The number of rotatable bonds is 12. The number of fused-ring (bicyclic) bond motifs is 1. The molecule has 7 aromatic rings. The Hall–Kier alpha value is -6.28. The maximum absolute atomic E-state index is 11.5. The zero-order valence-corrected chi connectivity index (χ0v) is 28.7. The molecule has 0 spiro atoms. The topological polar surface area (TPSA) is 62.9 Å². The summed E-state index contributed by atoms with van der Waals surface area (Å²) in [6, 6.07) is 51.6. The fourth-order valence-corrected chi connectivity index (χ4v) is 6.83. The molecule has 1 N–H and O–H groups in total. The van der Waals surface area contributed by atoms with Crippen LogP contribution in [0.1, 0.15) is 27.9 Å². The Labute approximate surface area is 300 Å². The van der Waals surface area contributed by atoms with Crippen molar-refractivity contribution in [2.75, 3.05) is 11.5 Å². The maximum atomic E-state index is 11.5. The van der Waals surface area contributed by atoms with Crippen LogP contribution in [0.25, 0.3) is 44.6 Å². The zero-order chi connectivity index (χ0) is 35.0. The molecule has 0 amide bonds. The average molecular weight is 688 g/mol. The minimum absolute atomic E-state index is 0.221. The van der Waals surface area contributed by atoms with E-state index in [4.69, 9.17) is 9.88 Å². The summed E-state index contributed by atoms with van der Waals surface area (Å²) >= 11 is 1.42. The summed E-state index contributed by atoms with van der Waals surface area (Å²) in [6.45, 7) is 2.20. The lowest BCUT2D eigenvalue weighted by molar-refractivity contribution is -0.939. The van der Waals surface area contributed by atoms with Gasteiger partial charge in [-0.25, -0.2) is 4.79 Å². The fourth-order valence-electron chi connectivity index (χ4n) is 5.81. The lowest BCUT2D eigenvalue weighted by Gasteiger charge is -2.26. The lowest BCUT2D eigenvalue weighted by atomic mass is 10.0. The van der Waals surface area contributed by atoms with E-state index in [9.17, 15) is 9.90 Å². The molecule has 250 valence electrons. The van der Waals surface area contributed by atoms with Gasteiger partial charge < -0.3 is 10.0 Å². The Kier molecular flexibility index (Phi) is 10.1. The van der Waals surface area contributed by atoms with Gasteiger partial charge in [-0.1, -0.05) is 132 Å². The molecule has 0 aliphatic carbocycles. The van der Waals surface area contributed by atoms with Crippen LogP contribution in [0.3, 0.4) is 0 Å². The van der Waals surface area contributed by atoms with Gasteiger partial charge in [-0.05, 0) is 83.3 Å². The number of hydrogen-bond acceptors (Lipinski definition) is 5. The lowest BCUT2D eigenvalue weighted by Crippen LogP contribution is -2.43. The van der Waals surface area contributed by atoms with Crippen molar-refractivity contribution in [3.63, 3.8) is 0 Å². The predicted octanol–water partition coefficient (Wildman–Crippen LogP) is 10.8. The largest absolute Gasteiger partial charge is 0.478 e. The Morgan fingerprint density at radius 1 is 0.667 bits per heavy atom. The molecular formula is C44H35N2O4S+. The molecule has 0 atom stereocenters. The normalized spacial score (nSPS) is 11.4. The van der Waals surface area contributed by atoms with Crippen molar-refractivity contribution in [2.45, 2.75) is 6.92 Å². The molecule has 1 aromatic heterocycles. The van der Waals surface area contributed by atoms with Gasteiger partial charge in [0.15, 0.2) is 0 Å². The highest BCUT2D eigenvalue weighted by molar-refractivity contribution is 7.18. The second kappa shape index (κ2) is 15.5. The van der Waals surface area contributed by atoms with Gasteiger partial charge in [0.1, 0.15) is 4.70 Å². The van der Waals surface area contributed by atoms with Crippen LogP contribution >= 0.6 is 11.3 Å². The molecule has 7 heteroatoms. The Balaban J connectivity index is 1.14. The number of carboxylic acids is 1. The number of carbonyl (C=O) groups is 1. The smallest absolute Gasteiger partial charge is 0.335 e. The SMILES string of the molecule is CCOO[n+]1c(/C=C/C=C/c2ccc(N(c3ccc(-c4ccccc4)cc3)c3ccc(-c4ccccc4)cc3)cc2)sc2cc(C(=O)O)ccc21. The van der Waals surface area contributed by atoms with E-state index in [0.717, 1.165) is 37.8 Å². The molecule has 0 aliphatic heterocycles. The number of aromatic nitrogens is 1. The standard InChI is InChI=1S/C44H34N2O4S/c1-2-49-50-46-41-30-23-37(44(47)48)31-42(41)51-43(46)16-10-9-11-32-17-24-38(25-18-32)45(39-26-19-35(20-27-39)33-12-5-3-6-13-33)40-28-21-36(22-29-40)34-14-7-4-8-15-34/h3-31H,2H2,1H3/p+1. The van der Waals surface area contributed by atoms with Crippen molar-refractivity contribution < 1.29 is 24.5 Å². The van der Waals surface area contributed by atoms with Crippen molar-refractivity contribution in [1.82, 2.24) is 0 Å². The Bertz CT molecular complexity index is 2210. The Morgan fingerprint density at radius 2 is 1.18 bits per heavy atom. The summed E-state index contributed by atoms with van der Waals surface area (Å²) in [5.74, 6) is -0.973. The van der Waals surface area contributed by atoms with Crippen LogP contribution in [-0.2, 0) is 4.89 Å². The highest BCUT2D eigenvalue weighted by Gasteiger charge is 2.23. The van der Waals surface area contributed by atoms with Gasteiger partial charge >= 0.3 is 11.0 Å². The molecule has 0 saturated heterocycles. The van der Waals surface area contributed by atoms with E-state index in [-0.39, 0.29) is 5.56 Å². The second-order valence-electron chi connectivity index (χ2n) is 11.7. The zero-order valence-electron chi connectivity index (χ0n) is 27.9. The van der Waals surface area contributed by atoms with Gasteiger partial charge in [0.25, 0.3) is 5.52 Å². The summed E-state index contributed by atoms with van der Waals surface area (Å²) in [7, 11) is 0. The molecule has 0 unspecified atom stereocenters. The van der Waals surface area contributed by atoms with E-state index < -0.39 is 5.97 Å². The number of anilines is 3. The van der Waals surface area contributed by atoms with Gasteiger partial charge in [0.05, 0.1) is 16.9 Å². The van der Waals surface area contributed by atoms with Gasteiger partial charge in [-0.15, -0.1) is 4.89 Å². The van der Waals surface area contributed by atoms with Crippen molar-refractivity contribution in [1.29, 1.82) is 0 Å². The first-order valence-corrected chi connectivity index (χ1v) is 17.5. The average Bonchev–Trinajstić information content (AvgIpc) is 3.54. The van der Waals surface area contributed by atoms with Crippen molar-refractivity contribution in [3.05, 3.63) is 180 Å². The van der Waals surface area contributed by atoms with E-state index in [1.165, 1.54) is 33.6 Å². The molecule has 6 nitrogen and oxygen atoms in total. The fraction of sp³-hybridized carbons (Fsp3) is 0.0455. The second-order valence-corrected chi connectivity index (χ2v) is 12.7. The summed E-state index contributed by atoms with van der Waals surface area (Å²) in [5, 5.41) is 10.2. The number of thiazole rings is 1. The monoisotopic (exact) mass is 687 g/mol. The van der Waals surface area contributed by atoms with Gasteiger partial charge in [0, 0.05) is 29.2 Å². The first-order chi connectivity index (χ1) is 25.1. The molecule has 1 heterocycles. The first-order valence-electron chi connectivity index (χ1n) is 16.6. The number of carboxylic acid groups (broad SMARTS) is 1. The molecule has 0 aliphatic rings. The molecule has 0 bridgehead atoms. The van der Waals surface area contributed by atoms with Gasteiger partial charge in [-0.3, -0.25) is 0 Å². The van der Waals surface area contributed by atoms with Crippen LogP contribution in [0.15, 0.2) is 164 Å². The van der Waals surface area contributed by atoms with E-state index in [1.54, 1.807) is 22.9 Å². The van der Waals surface area contributed by atoms with E-state index in [0.29, 0.717) is 6.61 Å². The summed E-state index contributed by atoms with van der Waals surface area (Å²) in [5.41, 5.74) is 9.87. The van der Waals surface area contributed by atoms with E-state index >= 15 is 0 Å². The van der Waals surface area contributed by atoms with Crippen molar-refractivity contribution in [3.8, 4) is 22.3 Å². The summed E-state index contributed by atoms with van der Waals surface area (Å²) < 4.78 is 2.35. The minimum Gasteiger partial charge on any atom is -0.478 e. The quantitative estimate of drug-likeness (QED) is 0.0600. The molecule has 6 aromatic carbocycles. The molecule has 0 fully saturated rings. The molecule has 0 radical (unpaired) electrons. The van der Waals surface area contributed by atoms with Crippen LogP contribution in [0.4, 0.5) is 17.1 Å². The molecule has 7 rings (SSSR count). The predicted molar refractivity (Wildman–Crippen MR) is 207 cm³/mol.